The molecule has 0 N–H and O–H groups in total. The first-order valence-corrected chi connectivity index (χ1v) is 20.0. The maximum absolute atomic E-state index is 14.8. The molecule has 0 spiro atoms. The number of nitrogens with zero attached hydrogens (tertiary/aromatic N) is 2. The minimum Gasteiger partial charge on any atom is -0.490 e. The van der Waals surface area contributed by atoms with Gasteiger partial charge >= 0.3 is 5.97 Å². The molecule has 0 aliphatic rings. The van der Waals surface area contributed by atoms with Crippen LogP contribution in [0.25, 0.3) is 32.6 Å². The second-order valence-corrected chi connectivity index (χ2v) is 16.1. The van der Waals surface area contributed by atoms with Crippen LogP contribution in [0.4, 0.5) is 0 Å². The van der Waals surface area contributed by atoms with Crippen molar-refractivity contribution in [3.8, 4) is 5.75 Å². The van der Waals surface area contributed by atoms with Gasteiger partial charge in [-0.15, -0.1) is 0 Å². The molecule has 0 amide bonds. The van der Waals surface area contributed by atoms with E-state index in [-0.39, 0.29) is 11.4 Å². The first kappa shape index (κ1) is 40.4. The Morgan fingerprint density at radius 3 is 2.16 bits per heavy atom. The predicted molar refractivity (Wildman–Crippen MR) is 229 cm³/mol. The molecule has 0 saturated carbocycles. The van der Waals surface area contributed by atoms with Gasteiger partial charge in [0.2, 0.25) is 0 Å². The van der Waals surface area contributed by atoms with Crippen molar-refractivity contribution in [3.63, 3.8) is 0 Å². The van der Waals surface area contributed by atoms with Crippen LogP contribution in [0, 0.1) is 26.7 Å². The second-order valence-electron chi connectivity index (χ2n) is 16.1. The summed E-state index contributed by atoms with van der Waals surface area (Å²) in [4.78, 5) is 32.3. The van der Waals surface area contributed by atoms with Gasteiger partial charge in [0.1, 0.15) is 18.1 Å². The Bertz CT molecular complexity index is 2410. The van der Waals surface area contributed by atoms with Gasteiger partial charge in [-0.1, -0.05) is 98.4 Å². The number of aryl methyl sites for hydroxylation is 3. The van der Waals surface area contributed by atoms with Crippen molar-refractivity contribution in [2.75, 3.05) is 13.2 Å². The maximum Gasteiger partial charge on any atom is 0.332 e. The highest BCUT2D eigenvalue weighted by molar-refractivity contribution is 6.27. The highest BCUT2D eigenvalue weighted by atomic mass is 16.7. The van der Waals surface area contributed by atoms with Gasteiger partial charge in [0.05, 0.1) is 17.7 Å². The van der Waals surface area contributed by atoms with Gasteiger partial charge < -0.3 is 18.9 Å². The Kier molecular flexibility index (Phi) is 12.4. The Hall–Kier alpha value is -5.27. The summed E-state index contributed by atoms with van der Waals surface area (Å²) >= 11 is 0. The molecule has 6 rings (SSSR count). The van der Waals surface area contributed by atoms with Crippen LogP contribution in [0.15, 0.2) is 90.1 Å². The number of unbranched alkanes of at least 4 members (excludes halogenated alkanes) is 1. The van der Waals surface area contributed by atoms with Crippen LogP contribution < -0.4 is 4.74 Å². The average Bonchev–Trinajstić information content (AvgIpc) is 3.46. The smallest absolute Gasteiger partial charge is 0.332 e. The van der Waals surface area contributed by atoms with E-state index in [2.05, 4.69) is 79.0 Å². The monoisotopic (exact) mass is 752 g/mol. The Balaban J connectivity index is 1.60. The molecule has 1 aromatic heterocycles. The van der Waals surface area contributed by atoms with E-state index in [4.69, 9.17) is 14.3 Å². The number of carbonyl (C=O) groups excluding carboxylic acids is 2. The summed E-state index contributed by atoms with van der Waals surface area (Å²) in [6.07, 6.45) is 4.53. The number of ketones is 1. The third kappa shape index (κ3) is 8.74. The highest BCUT2D eigenvalue weighted by Crippen LogP contribution is 2.39. The zero-order valence-electron chi connectivity index (χ0n) is 34.5. The topological polar surface area (TPSA) is 79.1 Å². The van der Waals surface area contributed by atoms with Gasteiger partial charge in [0.15, 0.2) is 5.78 Å². The summed E-state index contributed by atoms with van der Waals surface area (Å²) in [5, 5.41) is 8.41. The van der Waals surface area contributed by atoms with Crippen LogP contribution in [0.1, 0.15) is 111 Å². The Morgan fingerprint density at radius 2 is 1.48 bits per heavy atom. The molecule has 0 saturated heterocycles. The van der Waals surface area contributed by atoms with Crippen molar-refractivity contribution in [2.24, 2.45) is 11.1 Å². The molecule has 0 fully saturated rings. The van der Waals surface area contributed by atoms with Crippen molar-refractivity contribution >= 4 is 50.0 Å². The van der Waals surface area contributed by atoms with E-state index >= 15 is 0 Å². The molecular weight excluding hydrogens is 697 g/mol. The fourth-order valence-electron chi connectivity index (χ4n) is 7.99. The molecule has 1 heterocycles. The number of fused-ring (bicyclic) bond motifs is 5. The van der Waals surface area contributed by atoms with Crippen molar-refractivity contribution in [2.45, 2.75) is 100 Å². The number of rotatable bonds is 15. The van der Waals surface area contributed by atoms with Crippen molar-refractivity contribution < 1.29 is 23.9 Å². The van der Waals surface area contributed by atoms with Crippen LogP contribution in [0.5, 0.6) is 5.75 Å². The SMILES string of the molecule is CCCCC(CC)Cn1c2ccc(C(=NOC(C)=O)c3ccccc3OCCOC(C)(C)C)cc2c2cc(C(=O)c3c(C)cc(C)cc3C)c3ccccc3c21. The summed E-state index contributed by atoms with van der Waals surface area (Å²) < 4.78 is 14.6. The number of para-hydroxylation sites is 1. The number of hydrogen-bond donors (Lipinski definition) is 0. The molecule has 0 radical (unpaired) electrons. The molecule has 292 valence electrons. The van der Waals surface area contributed by atoms with Crippen molar-refractivity contribution in [1.29, 1.82) is 0 Å². The molecule has 1 atom stereocenters. The normalized spacial score (nSPS) is 12.8. The van der Waals surface area contributed by atoms with Crippen molar-refractivity contribution in [3.05, 3.63) is 124 Å². The summed E-state index contributed by atoms with van der Waals surface area (Å²) in [5.41, 5.74) is 8.30. The fraction of sp³-hybridized carbons (Fsp3) is 0.367. The lowest BCUT2D eigenvalue weighted by Crippen LogP contribution is -2.22. The largest absolute Gasteiger partial charge is 0.490 e. The molecule has 0 aliphatic heterocycles. The van der Waals surface area contributed by atoms with Crippen LogP contribution >= 0.6 is 0 Å². The van der Waals surface area contributed by atoms with Crippen LogP contribution in [-0.2, 0) is 20.9 Å². The van der Waals surface area contributed by atoms with Crippen LogP contribution in [0.2, 0.25) is 0 Å². The first-order chi connectivity index (χ1) is 26.8. The summed E-state index contributed by atoms with van der Waals surface area (Å²) in [6, 6.07) is 28.5. The number of ether oxygens (including phenoxy) is 2. The molecule has 0 aliphatic carbocycles. The van der Waals surface area contributed by atoms with Gasteiger partial charge in [0.25, 0.3) is 0 Å². The van der Waals surface area contributed by atoms with Crippen molar-refractivity contribution in [1.82, 2.24) is 4.57 Å². The third-order valence-corrected chi connectivity index (χ3v) is 10.6. The van der Waals surface area contributed by atoms with E-state index < -0.39 is 5.97 Å². The summed E-state index contributed by atoms with van der Waals surface area (Å²) in [7, 11) is 0. The molecule has 7 nitrogen and oxygen atoms in total. The van der Waals surface area contributed by atoms with E-state index in [1.807, 2.05) is 71.0 Å². The number of hydrogen-bond acceptors (Lipinski definition) is 6. The average molecular weight is 753 g/mol. The number of carbonyl (C=O) groups is 2. The van der Waals surface area contributed by atoms with Gasteiger partial charge in [-0.25, -0.2) is 4.79 Å². The summed E-state index contributed by atoms with van der Waals surface area (Å²) in [5.74, 6) is 0.580. The van der Waals surface area contributed by atoms with Gasteiger partial charge in [0, 0.05) is 57.4 Å². The lowest BCUT2D eigenvalue weighted by atomic mass is 9.89. The van der Waals surface area contributed by atoms with E-state index in [1.165, 1.54) is 13.3 Å². The van der Waals surface area contributed by atoms with Gasteiger partial charge in [-0.2, -0.15) is 0 Å². The van der Waals surface area contributed by atoms with E-state index in [1.54, 1.807) is 0 Å². The lowest BCUT2D eigenvalue weighted by Gasteiger charge is -2.20. The first-order valence-electron chi connectivity index (χ1n) is 20.0. The van der Waals surface area contributed by atoms with E-state index in [0.717, 1.165) is 86.2 Å². The second kappa shape index (κ2) is 17.3. The zero-order chi connectivity index (χ0) is 40.1. The van der Waals surface area contributed by atoms with Gasteiger partial charge in [-0.05, 0) is 101 Å². The molecule has 1 unspecified atom stereocenters. The predicted octanol–water partition coefficient (Wildman–Crippen LogP) is 11.8. The molecule has 0 bridgehead atoms. The van der Waals surface area contributed by atoms with Crippen LogP contribution in [0.3, 0.4) is 0 Å². The number of aromatic nitrogens is 1. The Labute approximate surface area is 331 Å². The molecule has 5 aromatic carbocycles. The lowest BCUT2D eigenvalue weighted by molar-refractivity contribution is -0.140. The highest BCUT2D eigenvalue weighted by Gasteiger charge is 2.24. The number of benzene rings is 5. The number of oxime groups is 1. The molecule has 56 heavy (non-hydrogen) atoms. The van der Waals surface area contributed by atoms with Gasteiger partial charge in [-0.3, -0.25) is 4.79 Å². The third-order valence-electron chi connectivity index (χ3n) is 10.6. The minimum absolute atomic E-state index is 0.0168. The fourth-order valence-corrected chi connectivity index (χ4v) is 7.99. The standard InChI is InChI=1S/C49H56N2O5/c1-10-12-17-35(11-2)30-51-43-23-22-36(46(50-56-34(6)52)39-20-15-16-21-44(39)54-24-25-55-49(7,8)9)28-40(43)41-29-42(37-18-13-14-19-38(37)47(41)51)48(53)45-32(4)26-31(3)27-33(45)5/h13-16,18-23,26-29,35H,10-12,17,24-25,30H2,1-9H3. The quantitative estimate of drug-likeness (QED) is 0.0343. The minimum atomic E-state index is -0.522. The maximum atomic E-state index is 14.8. The van der Waals surface area contributed by atoms with Crippen LogP contribution in [-0.4, -0.2) is 40.8 Å². The molecule has 6 aromatic rings. The summed E-state index contributed by atoms with van der Waals surface area (Å²) in [6.45, 7) is 19.6. The molecular formula is C49H56N2O5. The molecule has 7 heteroatoms. The Morgan fingerprint density at radius 1 is 0.786 bits per heavy atom. The van der Waals surface area contributed by atoms with E-state index in [9.17, 15) is 9.59 Å². The van der Waals surface area contributed by atoms with E-state index in [0.29, 0.717) is 41.7 Å². The zero-order valence-corrected chi connectivity index (χ0v) is 34.5.